The van der Waals surface area contributed by atoms with E-state index in [0.717, 1.165) is 0 Å². The maximum absolute atomic E-state index is 10.6. The van der Waals surface area contributed by atoms with Crippen molar-refractivity contribution in [1.82, 2.24) is 0 Å². The molecule has 0 saturated carbocycles. The van der Waals surface area contributed by atoms with Gasteiger partial charge >= 0.3 is 35.5 Å². The van der Waals surface area contributed by atoms with Gasteiger partial charge in [0.15, 0.2) is 11.5 Å². The summed E-state index contributed by atoms with van der Waals surface area (Å²) < 4.78 is 9.89. The van der Waals surface area contributed by atoms with Crippen LogP contribution in [0.4, 0.5) is 0 Å². The summed E-state index contributed by atoms with van der Waals surface area (Å²) in [5.74, 6) is -0.0455. The Kier molecular flexibility index (Phi) is 5.60. The number of aromatic carboxylic acids is 1. The first kappa shape index (κ1) is 13.3. The molecule has 0 saturated heterocycles. The summed E-state index contributed by atoms with van der Waals surface area (Å²) >= 11 is 0. The molecular formula is C9H11NaO4. The minimum Gasteiger partial charge on any atom is -1.00 e. The summed E-state index contributed by atoms with van der Waals surface area (Å²) in [6, 6.07) is 4.44. The predicted octanol–water partition coefficient (Wildman–Crippen LogP) is -1.48. The molecule has 1 aromatic rings. The normalized spacial score (nSPS) is 8.71. The molecule has 1 aromatic carbocycles. The van der Waals surface area contributed by atoms with E-state index in [1.54, 1.807) is 6.07 Å². The van der Waals surface area contributed by atoms with Crippen LogP contribution >= 0.6 is 0 Å². The van der Waals surface area contributed by atoms with Crippen LogP contribution in [-0.4, -0.2) is 25.3 Å². The summed E-state index contributed by atoms with van der Waals surface area (Å²) in [5.41, 5.74) is 0.178. The number of carboxylic acid groups (broad SMARTS) is 1. The van der Waals surface area contributed by atoms with Gasteiger partial charge in [0, 0.05) is 0 Å². The number of hydrogen-bond acceptors (Lipinski definition) is 3. The maximum atomic E-state index is 10.6. The zero-order valence-corrected chi connectivity index (χ0v) is 10.4. The molecule has 0 unspecified atom stereocenters. The monoisotopic (exact) mass is 206 g/mol. The quantitative estimate of drug-likeness (QED) is 0.613. The third-order valence-corrected chi connectivity index (χ3v) is 1.63. The number of benzene rings is 1. The van der Waals surface area contributed by atoms with E-state index in [-0.39, 0.29) is 36.5 Å². The molecule has 0 radical (unpaired) electrons. The maximum Gasteiger partial charge on any atom is 1.00 e. The largest absolute Gasteiger partial charge is 1.00 e. The first-order chi connectivity index (χ1) is 6.19. The SMILES string of the molecule is COc1ccc(C(=O)O)cc1OC.[H-].[Na+]. The summed E-state index contributed by atoms with van der Waals surface area (Å²) in [6.07, 6.45) is 0. The zero-order valence-electron chi connectivity index (χ0n) is 9.40. The van der Waals surface area contributed by atoms with Crippen molar-refractivity contribution in [3.8, 4) is 11.5 Å². The number of ether oxygens (including phenoxy) is 2. The summed E-state index contributed by atoms with van der Waals surface area (Å²) in [4.78, 5) is 10.6. The first-order valence-electron chi connectivity index (χ1n) is 3.64. The zero-order chi connectivity index (χ0) is 9.84. The fourth-order valence-electron chi connectivity index (χ4n) is 0.969. The molecule has 4 nitrogen and oxygen atoms in total. The van der Waals surface area contributed by atoms with Gasteiger partial charge in [-0.05, 0) is 18.2 Å². The van der Waals surface area contributed by atoms with Crippen molar-refractivity contribution in [2.24, 2.45) is 0 Å². The minimum atomic E-state index is -0.985. The molecule has 0 fully saturated rings. The van der Waals surface area contributed by atoms with Gasteiger partial charge in [-0.2, -0.15) is 0 Å². The van der Waals surface area contributed by atoms with Gasteiger partial charge < -0.3 is 16.0 Å². The van der Waals surface area contributed by atoms with E-state index < -0.39 is 5.97 Å². The molecular weight excluding hydrogens is 195 g/mol. The van der Waals surface area contributed by atoms with Gasteiger partial charge in [0.2, 0.25) is 0 Å². The van der Waals surface area contributed by atoms with Crippen LogP contribution in [0.15, 0.2) is 18.2 Å². The third kappa shape index (κ3) is 2.90. The number of hydrogen-bond donors (Lipinski definition) is 1. The van der Waals surface area contributed by atoms with E-state index in [2.05, 4.69) is 0 Å². The van der Waals surface area contributed by atoms with Crippen molar-refractivity contribution in [3.05, 3.63) is 23.8 Å². The van der Waals surface area contributed by atoms with Crippen LogP contribution in [0.25, 0.3) is 0 Å². The molecule has 0 heterocycles. The third-order valence-electron chi connectivity index (χ3n) is 1.63. The van der Waals surface area contributed by atoms with Gasteiger partial charge in [-0.1, -0.05) is 0 Å². The molecule has 0 aliphatic carbocycles. The molecule has 14 heavy (non-hydrogen) atoms. The second kappa shape index (κ2) is 5.90. The van der Waals surface area contributed by atoms with E-state index in [4.69, 9.17) is 14.6 Å². The summed E-state index contributed by atoms with van der Waals surface area (Å²) in [7, 11) is 2.96. The molecule has 72 valence electrons. The average Bonchev–Trinajstić information content (AvgIpc) is 2.16. The molecule has 1 N–H and O–H groups in total. The second-order valence-corrected chi connectivity index (χ2v) is 2.37. The molecule has 5 heteroatoms. The van der Waals surface area contributed by atoms with Crippen molar-refractivity contribution >= 4 is 5.97 Å². The Labute approximate surface area is 106 Å². The van der Waals surface area contributed by atoms with Gasteiger partial charge in [-0.15, -0.1) is 0 Å². The number of carboxylic acids is 1. The average molecular weight is 206 g/mol. The Hall–Kier alpha value is -0.710. The Bertz CT molecular complexity index is 330. The Morgan fingerprint density at radius 2 is 1.86 bits per heavy atom. The van der Waals surface area contributed by atoms with E-state index >= 15 is 0 Å². The first-order valence-corrected chi connectivity index (χ1v) is 3.64. The Morgan fingerprint density at radius 3 is 2.29 bits per heavy atom. The van der Waals surface area contributed by atoms with Gasteiger partial charge in [0.05, 0.1) is 19.8 Å². The fraction of sp³-hybridized carbons (Fsp3) is 0.222. The van der Waals surface area contributed by atoms with Crippen molar-refractivity contribution in [1.29, 1.82) is 0 Å². The Balaban J connectivity index is 0. The van der Waals surface area contributed by atoms with Crippen molar-refractivity contribution in [2.75, 3.05) is 14.2 Å². The smallest absolute Gasteiger partial charge is 1.00 e. The van der Waals surface area contributed by atoms with E-state index in [0.29, 0.717) is 11.5 Å². The van der Waals surface area contributed by atoms with Crippen LogP contribution < -0.4 is 39.0 Å². The fourth-order valence-corrected chi connectivity index (χ4v) is 0.969. The topological polar surface area (TPSA) is 55.8 Å². The number of rotatable bonds is 3. The minimum absolute atomic E-state index is 0. The van der Waals surface area contributed by atoms with Gasteiger partial charge in [0.25, 0.3) is 0 Å². The summed E-state index contributed by atoms with van der Waals surface area (Å²) in [6.45, 7) is 0. The second-order valence-electron chi connectivity index (χ2n) is 2.37. The molecule has 0 aliphatic rings. The van der Waals surface area contributed by atoms with E-state index in [1.165, 1.54) is 26.4 Å². The molecule has 0 bridgehead atoms. The van der Waals surface area contributed by atoms with Crippen LogP contribution in [0.1, 0.15) is 11.8 Å². The molecule has 0 amide bonds. The van der Waals surface area contributed by atoms with E-state index in [1.807, 2.05) is 0 Å². The molecule has 1 rings (SSSR count). The molecule has 0 spiro atoms. The van der Waals surface area contributed by atoms with Crippen LogP contribution in [-0.2, 0) is 0 Å². The van der Waals surface area contributed by atoms with Crippen molar-refractivity contribution in [2.45, 2.75) is 0 Å². The van der Waals surface area contributed by atoms with Crippen LogP contribution in [0.2, 0.25) is 0 Å². The van der Waals surface area contributed by atoms with Crippen molar-refractivity contribution < 1.29 is 50.4 Å². The van der Waals surface area contributed by atoms with Crippen molar-refractivity contribution in [3.63, 3.8) is 0 Å². The molecule has 0 aromatic heterocycles. The van der Waals surface area contributed by atoms with Gasteiger partial charge in [-0.3, -0.25) is 0 Å². The predicted molar refractivity (Wildman–Crippen MR) is 47.6 cm³/mol. The van der Waals surface area contributed by atoms with Crippen LogP contribution in [0.3, 0.4) is 0 Å². The Morgan fingerprint density at radius 1 is 1.29 bits per heavy atom. The molecule has 0 atom stereocenters. The summed E-state index contributed by atoms with van der Waals surface area (Å²) in [5, 5.41) is 8.67. The van der Waals surface area contributed by atoms with Crippen LogP contribution in [0, 0.1) is 0 Å². The number of carbonyl (C=O) groups is 1. The van der Waals surface area contributed by atoms with Crippen LogP contribution in [0.5, 0.6) is 11.5 Å². The van der Waals surface area contributed by atoms with E-state index in [9.17, 15) is 4.79 Å². The standard InChI is InChI=1S/C9H10O4.Na.H/c1-12-7-4-3-6(9(10)11)5-8(7)13-2;;/h3-5H,1-2H3,(H,10,11);;/q;+1;-1. The van der Waals surface area contributed by atoms with Gasteiger partial charge in [0.1, 0.15) is 0 Å². The molecule has 0 aliphatic heterocycles. The number of methoxy groups -OCH3 is 2. The van der Waals surface area contributed by atoms with Gasteiger partial charge in [-0.25, -0.2) is 4.79 Å².